The molecule has 154 valence electrons. The maximum absolute atomic E-state index is 12.1. The number of amides is 1. The predicted molar refractivity (Wildman–Crippen MR) is 118 cm³/mol. The number of methoxy groups -OCH3 is 1. The van der Waals surface area contributed by atoms with Gasteiger partial charge in [-0.05, 0) is 53.5 Å². The molecule has 0 saturated carbocycles. The van der Waals surface area contributed by atoms with Gasteiger partial charge in [-0.2, -0.15) is 0 Å². The van der Waals surface area contributed by atoms with Crippen LogP contribution >= 0.6 is 0 Å². The van der Waals surface area contributed by atoms with Gasteiger partial charge in [0.15, 0.2) is 11.5 Å². The van der Waals surface area contributed by atoms with Crippen molar-refractivity contribution in [3.63, 3.8) is 0 Å². The number of phenols is 1. The average molecular weight is 403 g/mol. The monoisotopic (exact) mass is 403 g/mol. The van der Waals surface area contributed by atoms with E-state index in [0.29, 0.717) is 31.1 Å². The van der Waals surface area contributed by atoms with Crippen LogP contribution in [0.1, 0.15) is 16.7 Å². The number of carbonyl (C=O) groups is 1. The lowest BCUT2D eigenvalue weighted by Crippen LogP contribution is -2.23. The van der Waals surface area contributed by atoms with Crippen LogP contribution in [-0.2, 0) is 17.8 Å². The molecular weight excluding hydrogens is 378 g/mol. The quantitative estimate of drug-likeness (QED) is 0.521. The molecule has 0 aliphatic carbocycles. The van der Waals surface area contributed by atoms with Crippen molar-refractivity contribution in [3.8, 4) is 17.2 Å². The van der Waals surface area contributed by atoms with Crippen LogP contribution in [0.25, 0.3) is 6.08 Å². The number of rotatable bonds is 9. The number of nitrogens with one attached hydrogen (secondary N) is 1. The molecule has 0 aromatic heterocycles. The largest absolute Gasteiger partial charge is 0.508 e. The first-order valence-electron chi connectivity index (χ1n) is 9.72. The third kappa shape index (κ3) is 6.41. The third-order valence-electron chi connectivity index (χ3n) is 4.50. The Balaban J connectivity index is 1.54. The highest BCUT2D eigenvalue weighted by Gasteiger charge is 2.06. The van der Waals surface area contributed by atoms with Crippen molar-refractivity contribution in [1.29, 1.82) is 0 Å². The summed E-state index contributed by atoms with van der Waals surface area (Å²) in [5.41, 5.74) is 2.95. The second-order valence-corrected chi connectivity index (χ2v) is 6.73. The molecule has 1 amide bonds. The minimum Gasteiger partial charge on any atom is -0.508 e. The molecule has 0 bridgehead atoms. The molecule has 5 heteroatoms. The van der Waals surface area contributed by atoms with E-state index in [1.807, 2.05) is 60.7 Å². The molecule has 3 rings (SSSR count). The van der Waals surface area contributed by atoms with Crippen LogP contribution in [0.2, 0.25) is 0 Å². The predicted octanol–water partition coefficient (Wildman–Crippen LogP) is 4.35. The van der Waals surface area contributed by atoms with Crippen molar-refractivity contribution in [3.05, 3.63) is 95.6 Å². The Morgan fingerprint density at radius 2 is 1.73 bits per heavy atom. The van der Waals surface area contributed by atoms with Gasteiger partial charge in [-0.3, -0.25) is 4.79 Å². The van der Waals surface area contributed by atoms with Crippen molar-refractivity contribution in [1.82, 2.24) is 5.32 Å². The van der Waals surface area contributed by atoms with Gasteiger partial charge < -0.3 is 19.9 Å². The van der Waals surface area contributed by atoms with Crippen molar-refractivity contribution < 1.29 is 19.4 Å². The van der Waals surface area contributed by atoms with Gasteiger partial charge in [0.2, 0.25) is 5.91 Å². The van der Waals surface area contributed by atoms with Crippen LogP contribution in [0.5, 0.6) is 17.2 Å². The highest BCUT2D eigenvalue weighted by molar-refractivity contribution is 5.91. The minimum atomic E-state index is -0.170. The van der Waals surface area contributed by atoms with Gasteiger partial charge in [0.1, 0.15) is 12.4 Å². The molecule has 2 N–H and O–H groups in total. The Morgan fingerprint density at radius 3 is 2.47 bits per heavy atom. The second kappa shape index (κ2) is 10.7. The molecule has 0 heterocycles. The van der Waals surface area contributed by atoms with Crippen LogP contribution in [0.3, 0.4) is 0 Å². The van der Waals surface area contributed by atoms with Gasteiger partial charge in [-0.25, -0.2) is 0 Å². The Morgan fingerprint density at radius 1 is 0.967 bits per heavy atom. The molecule has 0 fully saturated rings. The molecule has 0 saturated heterocycles. The lowest BCUT2D eigenvalue weighted by molar-refractivity contribution is -0.116. The summed E-state index contributed by atoms with van der Waals surface area (Å²) in [6, 6.07) is 22.4. The van der Waals surface area contributed by atoms with Crippen molar-refractivity contribution in [2.24, 2.45) is 0 Å². The lowest BCUT2D eigenvalue weighted by Gasteiger charge is -2.11. The maximum Gasteiger partial charge on any atom is 0.244 e. The molecule has 0 aliphatic rings. The van der Waals surface area contributed by atoms with Crippen molar-refractivity contribution in [2.75, 3.05) is 13.7 Å². The highest BCUT2D eigenvalue weighted by Crippen LogP contribution is 2.29. The van der Waals surface area contributed by atoms with Gasteiger partial charge in [-0.1, -0.05) is 48.5 Å². The summed E-state index contributed by atoms with van der Waals surface area (Å²) in [5, 5.41) is 12.2. The molecular formula is C25H25NO4. The fourth-order valence-electron chi connectivity index (χ4n) is 2.87. The van der Waals surface area contributed by atoms with Crippen molar-refractivity contribution >= 4 is 12.0 Å². The molecule has 30 heavy (non-hydrogen) atoms. The number of benzene rings is 3. The summed E-state index contributed by atoms with van der Waals surface area (Å²) in [5.74, 6) is 1.33. The van der Waals surface area contributed by atoms with Gasteiger partial charge >= 0.3 is 0 Å². The summed E-state index contributed by atoms with van der Waals surface area (Å²) in [4.78, 5) is 12.1. The molecule has 5 nitrogen and oxygen atoms in total. The maximum atomic E-state index is 12.1. The molecule has 0 spiro atoms. The van der Waals surface area contributed by atoms with Gasteiger partial charge in [0.25, 0.3) is 0 Å². The van der Waals surface area contributed by atoms with E-state index in [2.05, 4.69) is 5.32 Å². The number of carbonyl (C=O) groups excluding carboxylic acids is 1. The van der Waals surface area contributed by atoms with Crippen LogP contribution < -0.4 is 14.8 Å². The van der Waals surface area contributed by atoms with E-state index in [4.69, 9.17) is 9.47 Å². The van der Waals surface area contributed by atoms with E-state index in [9.17, 15) is 9.90 Å². The molecule has 0 radical (unpaired) electrons. The summed E-state index contributed by atoms with van der Waals surface area (Å²) < 4.78 is 11.3. The first kappa shape index (κ1) is 21.0. The van der Waals surface area contributed by atoms with Gasteiger partial charge in [0, 0.05) is 12.6 Å². The first-order chi connectivity index (χ1) is 14.6. The zero-order chi connectivity index (χ0) is 21.2. The van der Waals surface area contributed by atoms with Crippen LogP contribution in [0.4, 0.5) is 0 Å². The normalized spacial score (nSPS) is 10.7. The Labute approximate surface area is 176 Å². The van der Waals surface area contributed by atoms with E-state index in [0.717, 1.165) is 16.7 Å². The lowest BCUT2D eigenvalue weighted by atomic mass is 10.1. The minimum absolute atomic E-state index is 0.170. The molecule has 3 aromatic rings. The first-order valence-corrected chi connectivity index (χ1v) is 9.72. The van der Waals surface area contributed by atoms with Gasteiger partial charge in [-0.15, -0.1) is 0 Å². The highest BCUT2D eigenvalue weighted by atomic mass is 16.5. The van der Waals surface area contributed by atoms with Crippen LogP contribution in [0.15, 0.2) is 78.9 Å². The molecule has 0 aliphatic heterocycles. The fourth-order valence-corrected chi connectivity index (χ4v) is 2.87. The number of hydrogen-bond donors (Lipinski definition) is 2. The zero-order valence-electron chi connectivity index (χ0n) is 16.9. The van der Waals surface area contributed by atoms with E-state index in [1.54, 1.807) is 25.3 Å². The molecule has 0 atom stereocenters. The Kier molecular flexibility index (Phi) is 7.50. The van der Waals surface area contributed by atoms with E-state index in [-0.39, 0.29) is 11.7 Å². The Bertz CT molecular complexity index is 982. The SMILES string of the molecule is COc1ccc(C=CC(=O)NCCc2ccc(O)cc2)cc1OCc1ccccc1. The third-order valence-corrected chi connectivity index (χ3v) is 4.50. The van der Waals surface area contributed by atoms with Crippen molar-refractivity contribution in [2.45, 2.75) is 13.0 Å². The number of ether oxygens (including phenoxy) is 2. The standard InChI is InChI=1S/C25H25NO4/c1-29-23-13-9-20(17-24(23)30-18-21-5-3-2-4-6-21)10-14-25(28)26-16-15-19-7-11-22(27)12-8-19/h2-14,17,27H,15-16,18H2,1H3,(H,26,28). The second-order valence-electron chi connectivity index (χ2n) is 6.73. The summed E-state index contributed by atoms with van der Waals surface area (Å²) >= 11 is 0. The summed E-state index contributed by atoms with van der Waals surface area (Å²) in [6.45, 7) is 0.949. The van der Waals surface area contributed by atoms with Crippen LogP contribution in [0, 0.1) is 0 Å². The van der Waals surface area contributed by atoms with E-state index >= 15 is 0 Å². The topological polar surface area (TPSA) is 67.8 Å². The number of aromatic hydroxyl groups is 1. The smallest absolute Gasteiger partial charge is 0.244 e. The van der Waals surface area contributed by atoms with Crippen LogP contribution in [-0.4, -0.2) is 24.7 Å². The van der Waals surface area contributed by atoms with E-state index < -0.39 is 0 Å². The van der Waals surface area contributed by atoms with Gasteiger partial charge in [0.05, 0.1) is 7.11 Å². The average Bonchev–Trinajstić information content (AvgIpc) is 2.78. The molecule has 0 unspecified atom stereocenters. The summed E-state index contributed by atoms with van der Waals surface area (Å²) in [6.07, 6.45) is 3.93. The summed E-state index contributed by atoms with van der Waals surface area (Å²) in [7, 11) is 1.60. The zero-order valence-corrected chi connectivity index (χ0v) is 16.9. The molecule has 3 aromatic carbocycles. The van der Waals surface area contributed by atoms with E-state index in [1.165, 1.54) is 6.08 Å². The Hall–Kier alpha value is -3.73. The number of hydrogen-bond acceptors (Lipinski definition) is 4. The number of phenolic OH excluding ortho intramolecular Hbond substituents is 1. The fraction of sp³-hybridized carbons (Fsp3) is 0.160.